The van der Waals surface area contributed by atoms with Crippen LogP contribution in [0.4, 0.5) is 10.5 Å². The fourth-order valence-corrected chi connectivity index (χ4v) is 3.88. The fraction of sp³-hybridized carbons (Fsp3) is 0.286. The minimum atomic E-state index is -0.264. The Hall–Kier alpha value is -2.87. The molecule has 3 amide bonds. The maximum atomic E-state index is 12.6. The predicted octanol–water partition coefficient (Wildman–Crippen LogP) is 3.86. The lowest BCUT2D eigenvalue weighted by Crippen LogP contribution is -2.31. The number of carbonyl (C=O) groups excluding carboxylic acids is 2. The third kappa shape index (κ3) is 4.42. The number of amides is 3. The van der Waals surface area contributed by atoms with Gasteiger partial charge in [-0.2, -0.15) is 0 Å². The van der Waals surface area contributed by atoms with E-state index in [0.717, 1.165) is 41.4 Å². The van der Waals surface area contributed by atoms with E-state index in [9.17, 15) is 9.59 Å². The van der Waals surface area contributed by atoms with Crippen molar-refractivity contribution in [2.45, 2.75) is 19.4 Å². The highest BCUT2D eigenvalue weighted by Crippen LogP contribution is 2.21. The summed E-state index contributed by atoms with van der Waals surface area (Å²) in [5.74, 6) is 0.0735. The Kier molecular flexibility index (Phi) is 5.80. The monoisotopic (exact) mass is 455 g/mol. The van der Waals surface area contributed by atoms with Gasteiger partial charge < -0.3 is 20.1 Å². The molecule has 0 atom stereocenters. The summed E-state index contributed by atoms with van der Waals surface area (Å²) < 4.78 is 2.80. The van der Waals surface area contributed by atoms with Crippen LogP contribution in [0.5, 0.6) is 0 Å². The minimum Gasteiger partial charge on any atom is -0.339 e. The number of hydrogen-bond acceptors (Lipinski definition) is 3. The number of carbonyl (C=O) groups is 2. The Bertz CT molecular complexity index is 1040. The molecule has 0 aliphatic carbocycles. The van der Waals surface area contributed by atoms with Crippen LogP contribution in [0.2, 0.25) is 0 Å². The summed E-state index contributed by atoms with van der Waals surface area (Å²) in [6, 6.07) is 12.8. The lowest BCUT2D eigenvalue weighted by molar-refractivity contribution is 0.0793. The van der Waals surface area contributed by atoms with Gasteiger partial charge in [0, 0.05) is 36.2 Å². The zero-order chi connectivity index (χ0) is 20.2. The van der Waals surface area contributed by atoms with Gasteiger partial charge in [-0.3, -0.25) is 4.79 Å². The summed E-state index contributed by atoms with van der Waals surface area (Å²) in [7, 11) is 0. The summed E-state index contributed by atoms with van der Waals surface area (Å²) in [6.45, 7) is 2.70. The first-order valence-electron chi connectivity index (χ1n) is 9.65. The molecule has 1 aliphatic heterocycles. The van der Waals surface area contributed by atoms with Crippen molar-refractivity contribution in [2.24, 2.45) is 0 Å². The third-order valence-corrected chi connectivity index (χ3v) is 5.71. The van der Waals surface area contributed by atoms with Crippen molar-refractivity contribution in [1.29, 1.82) is 0 Å². The van der Waals surface area contributed by atoms with E-state index in [4.69, 9.17) is 0 Å². The molecule has 0 radical (unpaired) electrons. The average molecular weight is 456 g/mol. The minimum absolute atomic E-state index is 0.0735. The maximum Gasteiger partial charge on any atom is 0.319 e. The molecule has 0 unspecified atom stereocenters. The van der Waals surface area contributed by atoms with Gasteiger partial charge in [-0.25, -0.2) is 9.78 Å². The molecular weight excluding hydrogens is 434 g/mol. The number of urea groups is 1. The van der Waals surface area contributed by atoms with E-state index in [2.05, 4.69) is 31.5 Å². The number of fused-ring (bicyclic) bond motifs is 1. The Morgan fingerprint density at radius 2 is 1.90 bits per heavy atom. The molecule has 2 aromatic carbocycles. The van der Waals surface area contributed by atoms with Crippen LogP contribution >= 0.6 is 15.9 Å². The smallest absolute Gasteiger partial charge is 0.319 e. The molecule has 0 spiro atoms. The van der Waals surface area contributed by atoms with Crippen molar-refractivity contribution in [2.75, 3.05) is 25.0 Å². The van der Waals surface area contributed by atoms with E-state index >= 15 is 0 Å². The molecule has 1 aromatic heterocycles. The van der Waals surface area contributed by atoms with Crippen LogP contribution in [-0.4, -0.2) is 46.0 Å². The highest BCUT2D eigenvalue weighted by molar-refractivity contribution is 9.10. The van der Waals surface area contributed by atoms with Crippen molar-refractivity contribution in [1.82, 2.24) is 19.8 Å². The summed E-state index contributed by atoms with van der Waals surface area (Å²) in [4.78, 5) is 31.0. The van der Waals surface area contributed by atoms with E-state index in [-0.39, 0.29) is 11.9 Å². The molecule has 8 heteroatoms. The van der Waals surface area contributed by atoms with Gasteiger partial charge in [-0.15, -0.1) is 0 Å². The second kappa shape index (κ2) is 8.65. The van der Waals surface area contributed by atoms with E-state index in [1.165, 1.54) is 0 Å². The third-order valence-electron chi connectivity index (χ3n) is 5.02. The number of imidazole rings is 1. The number of rotatable bonds is 5. The Labute approximate surface area is 177 Å². The topological polar surface area (TPSA) is 79.3 Å². The molecule has 29 heavy (non-hydrogen) atoms. The lowest BCUT2D eigenvalue weighted by atomic mass is 10.1. The number of halogens is 1. The summed E-state index contributed by atoms with van der Waals surface area (Å²) in [5.41, 5.74) is 3.12. The number of benzene rings is 2. The van der Waals surface area contributed by atoms with Gasteiger partial charge in [0.05, 0.1) is 23.0 Å². The van der Waals surface area contributed by atoms with Crippen molar-refractivity contribution in [3.8, 4) is 0 Å². The van der Waals surface area contributed by atoms with Gasteiger partial charge in [-0.05, 0) is 59.1 Å². The zero-order valence-corrected chi connectivity index (χ0v) is 17.5. The molecule has 1 aliphatic rings. The number of anilines is 1. The highest BCUT2D eigenvalue weighted by atomic mass is 79.9. The summed E-state index contributed by atoms with van der Waals surface area (Å²) in [6.07, 6.45) is 3.89. The zero-order valence-electron chi connectivity index (χ0n) is 15.9. The fourth-order valence-electron chi connectivity index (χ4n) is 3.50. The van der Waals surface area contributed by atoms with Crippen LogP contribution in [0.15, 0.2) is 53.3 Å². The van der Waals surface area contributed by atoms with E-state index < -0.39 is 0 Å². The molecule has 2 heterocycles. The van der Waals surface area contributed by atoms with E-state index in [1.54, 1.807) is 6.33 Å². The largest absolute Gasteiger partial charge is 0.339 e. The average Bonchev–Trinajstić information content (AvgIpc) is 3.39. The van der Waals surface area contributed by atoms with Crippen molar-refractivity contribution < 1.29 is 9.59 Å². The normalized spacial score (nSPS) is 13.6. The van der Waals surface area contributed by atoms with Crippen LogP contribution in [0.25, 0.3) is 11.0 Å². The highest BCUT2D eigenvalue weighted by Gasteiger charge is 2.20. The van der Waals surface area contributed by atoms with Gasteiger partial charge in [0.1, 0.15) is 0 Å². The number of nitrogens with one attached hydrogen (secondary N) is 2. The molecule has 4 rings (SSSR count). The summed E-state index contributed by atoms with van der Waals surface area (Å²) >= 11 is 3.41. The van der Waals surface area contributed by atoms with Crippen molar-refractivity contribution in [3.05, 3.63) is 58.8 Å². The standard InChI is InChI=1S/C21H22BrN5O2/c22-16-5-1-2-6-17(16)25-21(29)23-9-12-27-14-24-18-13-15(7-8-19(18)27)20(28)26-10-3-4-11-26/h1-2,5-8,13-14H,3-4,9-12H2,(H2,23,25,29). The van der Waals surface area contributed by atoms with Crippen molar-refractivity contribution in [3.63, 3.8) is 0 Å². The molecular formula is C21H22BrN5O2. The van der Waals surface area contributed by atoms with E-state index in [1.807, 2.05) is 51.9 Å². The second-order valence-electron chi connectivity index (χ2n) is 7.00. The molecule has 1 fully saturated rings. The first-order chi connectivity index (χ1) is 14.1. The molecule has 0 bridgehead atoms. The first-order valence-corrected chi connectivity index (χ1v) is 10.4. The molecule has 1 saturated heterocycles. The van der Waals surface area contributed by atoms with Crippen LogP contribution < -0.4 is 10.6 Å². The molecule has 7 nitrogen and oxygen atoms in total. The lowest BCUT2D eigenvalue weighted by Gasteiger charge is -2.15. The Balaban J connectivity index is 1.35. The molecule has 3 aromatic rings. The number of hydrogen-bond donors (Lipinski definition) is 2. The number of nitrogens with zero attached hydrogens (tertiary/aromatic N) is 3. The quantitative estimate of drug-likeness (QED) is 0.612. The van der Waals surface area contributed by atoms with Gasteiger partial charge >= 0.3 is 6.03 Å². The van der Waals surface area contributed by atoms with Gasteiger partial charge in [0.25, 0.3) is 5.91 Å². The van der Waals surface area contributed by atoms with Crippen LogP contribution in [0.3, 0.4) is 0 Å². The first kappa shape index (κ1) is 19.4. The number of para-hydroxylation sites is 1. The second-order valence-corrected chi connectivity index (χ2v) is 7.86. The Morgan fingerprint density at radius 3 is 2.69 bits per heavy atom. The van der Waals surface area contributed by atoms with Gasteiger partial charge in [0.15, 0.2) is 0 Å². The predicted molar refractivity (Wildman–Crippen MR) is 116 cm³/mol. The van der Waals surface area contributed by atoms with Crippen LogP contribution in [0.1, 0.15) is 23.2 Å². The van der Waals surface area contributed by atoms with Gasteiger partial charge in [-0.1, -0.05) is 12.1 Å². The maximum absolute atomic E-state index is 12.6. The van der Waals surface area contributed by atoms with Crippen LogP contribution in [0, 0.1) is 0 Å². The SMILES string of the molecule is O=C(NCCn1cnc2cc(C(=O)N3CCCC3)ccc21)Nc1ccccc1Br. The number of aromatic nitrogens is 2. The van der Waals surface area contributed by atoms with Gasteiger partial charge in [0.2, 0.25) is 0 Å². The van der Waals surface area contributed by atoms with Crippen LogP contribution in [-0.2, 0) is 6.54 Å². The Morgan fingerprint density at radius 1 is 1.10 bits per heavy atom. The molecule has 150 valence electrons. The van der Waals surface area contributed by atoms with E-state index in [0.29, 0.717) is 24.3 Å². The van der Waals surface area contributed by atoms with Crippen molar-refractivity contribution >= 4 is 44.6 Å². The molecule has 0 saturated carbocycles. The summed E-state index contributed by atoms with van der Waals surface area (Å²) in [5, 5.41) is 5.66. The number of likely N-dealkylation sites (tertiary alicyclic amines) is 1. The molecule has 2 N–H and O–H groups in total.